The van der Waals surface area contributed by atoms with Crippen molar-refractivity contribution in [3.05, 3.63) is 16.1 Å². The summed E-state index contributed by atoms with van der Waals surface area (Å²) in [6.45, 7) is 3.99. The Balaban J connectivity index is 2.10. The van der Waals surface area contributed by atoms with Gasteiger partial charge in [0.15, 0.2) is 5.01 Å². The number of hydrogen-bond donors (Lipinski definition) is 1. The van der Waals surface area contributed by atoms with Crippen LogP contribution >= 0.6 is 11.3 Å². The van der Waals surface area contributed by atoms with Crippen LogP contribution in [0.15, 0.2) is 6.20 Å². The first-order valence-corrected chi connectivity index (χ1v) is 8.57. The maximum absolute atomic E-state index is 12.7. The van der Waals surface area contributed by atoms with E-state index in [0.717, 1.165) is 55.0 Å². The van der Waals surface area contributed by atoms with Gasteiger partial charge in [-0.05, 0) is 44.2 Å². The predicted molar refractivity (Wildman–Crippen MR) is 79.6 cm³/mol. The van der Waals surface area contributed by atoms with E-state index in [9.17, 15) is 13.2 Å². The highest BCUT2D eigenvalue weighted by Crippen LogP contribution is 2.41. The Labute approximate surface area is 128 Å². The Morgan fingerprint density at radius 1 is 1.29 bits per heavy atom. The molecule has 1 saturated carbocycles. The molecule has 0 bridgehead atoms. The topological polar surface area (TPSA) is 24.9 Å². The van der Waals surface area contributed by atoms with Gasteiger partial charge in [-0.2, -0.15) is 13.2 Å². The predicted octanol–water partition coefficient (Wildman–Crippen LogP) is 4.83. The van der Waals surface area contributed by atoms with E-state index in [1.165, 1.54) is 19.0 Å². The number of alkyl halides is 3. The van der Waals surface area contributed by atoms with Crippen molar-refractivity contribution < 1.29 is 13.2 Å². The Kier molecular flexibility index (Phi) is 6.05. The van der Waals surface area contributed by atoms with E-state index in [1.54, 1.807) is 0 Å². The summed E-state index contributed by atoms with van der Waals surface area (Å²) in [6.07, 6.45) is 3.77. The zero-order valence-electron chi connectivity index (χ0n) is 12.4. The third kappa shape index (κ3) is 4.68. The molecule has 2 unspecified atom stereocenters. The van der Waals surface area contributed by atoms with Gasteiger partial charge in [-0.1, -0.05) is 26.2 Å². The minimum absolute atomic E-state index is 0.227. The minimum Gasteiger partial charge on any atom is -0.316 e. The molecule has 0 amide bonds. The molecule has 120 valence electrons. The van der Waals surface area contributed by atoms with Crippen LogP contribution in [0.4, 0.5) is 13.2 Å². The van der Waals surface area contributed by atoms with Crippen LogP contribution in [0, 0.1) is 5.92 Å². The summed E-state index contributed by atoms with van der Waals surface area (Å²) in [7, 11) is 0. The molecule has 2 rings (SSSR count). The van der Waals surface area contributed by atoms with Gasteiger partial charge in [-0.25, -0.2) is 4.98 Å². The highest BCUT2D eigenvalue weighted by atomic mass is 32.1. The summed E-state index contributed by atoms with van der Waals surface area (Å²) < 4.78 is 38.2. The lowest BCUT2D eigenvalue weighted by Gasteiger charge is -2.24. The molecule has 21 heavy (non-hydrogen) atoms. The van der Waals surface area contributed by atoms with E-state index in [-0.39, 0.29) is 5.92 Å². The van der Waals surface area contributed by atoms with Crippen molar-refractivity contribution in [1.29, 1.82) is 0 Å². The van der Waals surface area contributed by atoms with Crippen molar-refractivity contribution in [2.75, 3.05) is 13.1 Å². The SMILES string of the molecule is CCCNCC1CCCCCC1c1cnc(C(F)(F)F)s1. The summed E-state index contributed by atoms with van der Waals surface area (Å²) >= 11 is 0.835. The van der Waals surface area contributed by atoms with E-state index in [4.69, 9.17) is 0 Å². The highest BCUT2D eigenvalue weighted by Gasteiger charge is 2.36. The monoisotopic (exact) mass is 320 g/mol. The van der Waals surface area contributed by atoms with Crippen molar-refractivity contribution in [1.82, 2.24) is 10.3 Å². The molecule has 0 aromatic carbocycles. The zero-order valence-corrected chi connectivity index (χ0v) is 13.2. The summed E-state index contributed by atoms with van der Waals surface area (Å²) in [6, 6.07) is 0. The molecule has 6 heteroatoms. The lowest BCUT2D eigenvalue weighted by atomic mass is 9.87. The fourth-order valence-electron chi connectivity index (χ4n) is 3.06. The first-order chi connectivity index (χ1) is 10.0. The van der Waals surface area contributed by atoms with E-state index in [1.807, 2.05) is 0 Å². The highest BCUT2D eigenvalue weighted by molar-refractivity contribution is 7.11. The van der Waals surface area contributed by atoms with Crippen molar-refractivity contribution in [3.63, 3.8) is 0 Å². The van der Waals surface area contributed by atoms with E-state index in [2.05, 4.69) is 17.2 Å². The van der Waals surface area contributed by atoms with Crippen LogP contribution in [0.5, 0.6) is 0 Å². The van der Waals surface area contributed by atoms with Gasteiger partial charge in [0.2, 0.25) is 0 Å². The second-order valence-electron chi connectivity index (χ2n) is 5.77. The van der Waals surface area contributed by atoms with E-state index in [0.29, 0.717) is 5.92 Å². The normalized spacial score (nSPS) is 24.0. The Hall–Kier alpha value is -0.620. The smallest absolute Gasteiger partial charge is 0.316 e. The van der Waals surface area contributed by atoms with E-state index < -0.39 is 11.2 Å². The van der Waals surface area contributed by atoms with E-state index >= 15 is 0 Å². The quantitative estimate of drug-likeness (QED) is 0.621. The molecule has 0 spiro atoms. The van der Waals surface area contributed by atoms with Crippen molar-refractivity contribution in [2.45, 2.75) is 57.5 Å². The van der Waals surface area contributed by atoms with Crippen molar-refractivity contribution in [2.24, 2.45) is 5.92 Å². The fourth-order valence-corrected chi connectivity index (χ4v) is 4.07. The summed E-state index contributed by atoms with van der Waals surface area (Å²) in [4.78, 5) is 4.41. The number of hydrogen-bond acceptors (Lipinski definition) is 3. The van der Waals surface area contributed by atoms with Crippen molar-refractivity contribution >= 4 is 11.3 Å². The van der Waals surface area contributed by atoms with Gasteiger partial charge in [0.25, 0.3) is 0 Å². The average molecular weight is 320 g/mol. The Bertz CT molecular complexity index is 431. The number of nitrogens with zero attached hydrogens (tertiary/aromatic N) is 1. The lowest BCUT2D eigenvalue weighted by Crippen LogP contribution is -2.27. The number of rotatable bonds is 5. The first-order valence-electron chi connectivity index (χ1n) is 7.76. The van der Waals surface area contributed by atoms with Crippen LogP contribution in [-0.2, 0) is 6.18 Å². The zero-order chi connectivity index (χ0) is 15.3. The second-order valence-corrected chi connectivity index (χ2v) is 6.84. The standard InChI is InChI=1S/C15H23F3N2S/c1-2-8-19-9-11-6-4-3-5-7-12(11)13-10-20-14(21-13)15(16,17)18/h10-12,19H,2-9H2,1H3. The third-order valence-corrected chi connectivity index (χ3v) is 5.30. The number of aromatic nitrogens is 1. The molecule has 1 N–H and O–H groups in total. The summed E-state index contributed by atoms with van der Waals surface area (Å²) in [5, 5.41) is 2.72. The Morgan fingerprint density at radius 2 is 2.05 bits per heavy atom. The molecule has 1 aromatic rings. The van der Waals surface area contributed by atoms with Gasteiger partial charge in [0.1, 0.15) is 0 Å². The van der Waals surface area contributed by atoms with Crippen LogP contribution in [0.3, 0.4) is 0 Å². The molecule has 1 heterocycles. The van der Waals surface area contributed by atoms with Crippen LogP contribution < -0.4 is 5.32 Å². The fraction of sp³-hybridized carbons (Fsp3) is 0.800. The molecule has 0 radical (unpaired) electrons. The number of thiazole rings is 1. The van der Waals surface area contributed by atoms with Crippen molar-refractivity contribution in [3.8, 4) is 0 Å². The number of halogens is 3. The number of nitrogens with one attached hydrogen (secondary N) is 1. The largest absolute Gasteiger partial charge is 0.443 e. The first kappa shape index (κ1) is 16.7. The van der Waals surface area contributed by atoms with Crippen LogP contribution in [-0.4, -0.2) is 18.1 Å². The lowest BCUT2D eigenvalue weighted by molar-refractivity contribution is -0.137. The molecule has 1 aliphatic carbocycles. The van der Waals surface area contributed by atoms with Gasteiger partial charge in [-0.3, -0.25) is 0 Å². The third-order valence-electron chi connectivity index (χ3n) is 4.12. The molecular weight excluding hydrogens is 297 g/mol. The van der Waals surface area contributed by atoms with Gasteiger partial charge in [0, 0.05) is 11.1 Å². The maximum atomic E-state index is 12.7. The second kappa shape index (κ2) is 7.58. The molecule has 0 saturated heterocycles. The van der Waals surface area contributed by atoms with Crippen LogP contribution in [0.2, 0.25) is 0 Å². The van der Waals surface area contributed by atoms with Gasteiger partial charge in [-0.15, -0.1) is 11.3 Å². The summed E-state index contributed by atoms with van der Waals surface area (Å²) in [5.74, 6) is 0.658. The van der Waals surface area contributed by atoms with Gasteiger partial charge < -0.3 is 5.32 Å². The van der Waals surface area contributed by atoms with Crippen LogP contribution in [0.1, 0.15) is 61.3 Å². The molecule has 1 fully saturated rings. The molecule has 1 aromatic heterocycles. The maximum Gasteiger partial charge on any atom is 0.443 e. The molecule has 0 aliphatic heterocycles. The average Bonchev–Trinajstić information content (AvgIpc) is 2.81. The molecular formula is C15H23F3N2S. The minimum atomic E-state index is -4.32. The van der Waals surface area contributed by atoms with Gasteiger partial charge in [0.05, 0.1) is 0 Å². The van der Waals surface area contributed by atoms with Gasteiger partial charge >= 0.3 is 6.18 Å². The molecule has 2 atom stereocenters. The summed E-state index contributed by atoms with van der Waals surface area (Å²) in [5.41, 5.74) is 0. The molecule has 1 aliphatic rings. The molecule has 2 nitrogen and oxygen atoms in total. The Morgan fingerprint density at radius 3 is 2.71 bits per heavy atom. The van der Waals surface area contributed by atoms with Crippen LogP contribution in [0.25, 0.3) is 0 Å².